The number of hydrogen-bond donors (Lipinski definition) is 0. The number of carbonyl (C=O) groups is 1. The van der Waals surface area contributed by atoms with Crippen LogP contribution in [0.5, 0.6) is 0 Å². The molecule has 0 bridgehead atoms. The highest BCUT2D eigenvalue weighted by molar-refractivity contribution is 5.53. The van der Waals surface area contributed by atoms with Crippen molar-refractivity contribution in [3.63, 3.8) is 0 Å². The molecule has 0 N–H and O–H groups in total. The fourth-order valence-electron chi connectivity index (χ4n) is 1.38. The third kappa shape index (κ3) is 2.53. The van der Waals surface area contributed by atoms with E-state index in [1.807, 2.05) is 30.3 Å². The molecule has 15 heavy (non-hydrogen) atoms. The average Bonchev–Trinajstić information content (AvgIpc) is 2.68. The summed E-state index contributed by atoms with van der Waals surface area (Å²) in [6.45, 7) is 0. The van der Waals surface area contributed by atoms with Crippen LogP contribution in [0.3, 0.4) is 0 Å². The van der Waals surface area contributed by atoms with Crippen LogP contribution in [0.2, 0.25) is 0 Å². The Labute approximate surface area is 87.8 Å². The summed E-state index contributed by atoms with van der Waals surface area (Å²) in [7, 11) is 0. The standard InChI is InChI=1S/C12H11NO2/c14-7-6-11-9-15-12(13-11)8-10-4-2-1-3-5-10/h1-5,7,9H,6,8H2. The van der Waals surface area contributed by atoms with Crippen LogP contribution < -0.4 is 0 Å². The molecule has 0 fully saturated rings. The van der Waals surface area contributed by atoms with Gasteiger partial charge in [-0.15, -0.1) is 0 Å². The third-order valence-corrected chi connectivity index (χ3v) is 2.09. The van der Waals surface area contributed by atoms with Crippen LogP contribution in [0.4, 0.5) is 0 Å². The molecule has 0 radical (unpaired) electrons. The zero-order valence-electron chi connectivity index (χ0n) is 8.22. The zero-order chi connectivity index (χ0) is 10.5. The Kier molecular flexibility index (Phi) is 2.93. The SMILES string of the molecule is O=CCc1coc(Cc2ccccc2)n1. The maximum atomic E-state index is 10.3. The van der Waals surface area contributed by atoms with E-state index in [-0.39, 0.29) is 0 Å². The molecule has 0 spiro atoms. The first-order chi connectivity index (χ1) is 7.38. The van der Waals surface area contributed by atoms with Crippen molar-refractivity contribution in [1.82, 2.24) is 4.98 Å². The molecule has 3 nitrogen and oxygen atoms in total. The molecule has 0 atom stereocenters. The predicted octanol–water partition coefficient (Wildman–Crippen LogP) is 2.01. The van der Waals surface area contributed by atoms with Crippen molar-refractivity contribution in [2.45, 2.75) is 12.8 Å². The lowest BCUT2D eigenvalue weighted by Crippen LogP contribution is -1.90. The Morgan fingerprint density at radius 2 is 2.07 bits per heavy atom. The minimum Gasteiger partial charge on any atom is -0.448 e. The number of aldehydes is 1. The van der Waals surface area contributed by atoms with E-state index in [1.165, 1.54) is 6.26 Å². The minimum atomic E-state index is 0.318. The Bertz CT molecular complexity index is 434. The van der Waals surface area contributed by atoms with Crippen LogP contribution in [0.15, 0.2) is 41.0 Å². The molecule has 76 valence electrons. The Balaban J connectivity index is 2.08. The molecular weight excluding hydrogens is 190 g/mol. The number of benzene rings is 1. The van der Waals surface area contributed by atoms with Gasteiger partial charge >= 0.3 is 0 Å². The second-order valence-electron chi connectivity index (χ2n) is 3.27. The monoisotopic (exact) mass is 201 g/mol. The molecule has 0 amide bonds. The fourth-order valence-corrected chi connectivity index (χ4v) is 1.38. The van der Waals surface area contributed by atoms with Gasteiger partial charge in [0.25, 0.3) is 0 Å². The number of aromatic nitrogens is 1. The van der Waals surface area contributed by atoms with Crippen LogP contribution in [-0.4, -0.2) is 11.3 Å². The van der Waals surface area contributed by atoms with Gasteiger partial charge in [-0.25, -0.2) is 4.98 Å². The summed E-state index contributed by atoms with van der Waals surface area (Å²) in [5.74, 6) is 0.651. The van der Waals surface area contributed by atoms with Crippen molar-refractivity contribution in [2.75, 3.05) is 0 Å². The molecule has 0 unspecified atom stereocenters. The lowest BCUT2D eigenvalue weighted by molar-refractivity contribution is -0.107. The lowest BCUT2D eigenvalue weighted by atomic mass is 10.1. The number of nitrogens with zero attached hydrogens (tertiary/aromatic N) is 1. The van der Waals surface area contributed by atoms with Crippen molar-refractivity contribution in [2.24, 2.45) is 0 Å². The topological polar surface area (TPSA) is 43.1 Å². The maximum Gasteiger partial charge on any atom is 0.198 e. The molecule has 1 aromatic heterocycles. The van der Waals surface area contributed by atoms with Crippen LogP contribution in [-0.2, 0) is 17.6 Å². The van der Waals surface area contributed by atoms with Gasteiger partial charge in [0.05, 0.1) is 5.69 Å². The summed E-state index contributed by atoms with van der Waals surface area (Å²) >= 11 is 0. The molecule has 3 heteroatoms. The normalized spacial score (nSPS) is 10.1. The molecule has 2 rings (SSSR count). The first-order valence-corrected chi connectivity index (χ1v) is 4.79. The third-order valence-electron chi connectivity index (χ3n) is 2.09. The van der Waals surface area contributed by atoms with Gasteiger partial charge in [-0.1, -0.05) is 30.3 Å². The van der Waals surface area contributed by atoms with Crippen molar-refractivity contribution >= 4 is 6.29 Å². The van der Waals surface area contributed by atoms with Crippen molar-refractivity contribution in [3.05, 3.63) is 53.7 Å². The summed E-state index contributed by atoms with van der Waals surface area (Å²) in [5.41, 5.74) is 1.84. The molecule has 0 aliphatic heterocycles. The van der Waals surface area contributed by atoms with Gasteiger partial charge in [0, 0.05) is 12.8 Å². The zero-order valence-corrected chi connectivity index (χ0v) is 8.22. The highest BCUT2D eigenvalue weighted by Gasteiger charge is 2.03. The molecule has 0 aliphatic rings. The highest BCUT2D eigenvalue weighted by atomic mass is 16.3. The summed E-state index contributed by atoms with van der Waals surface area (Å²) in [6.07, 6.45) is 3.34. The van der Waals surface area contributed by atoms with E-state index in [0.717, 1.165) is 11.8 Å². The maximum absolute atomic E-state index is 10.3. The van der Waals surface area contributed by atoms with E-state index < -0.39 is 0 Å². The quantitative estimate of drug-likeness (QED) is 0.710. The number of hydrogen-bond acceptors (Lipinski definition) is 3. The smallest absolute Gasteiger partial charge is 0.198 e. The number of oxazole rings is 1. The number of rotatable bonds is 4. The summed E-state index contributed by atoms with van der Waals surface area (Å²) in [6, 6.07) is 9.96. The van der Waals surface area contributed by atoms with Crippen LogP contribution in [0.25, 0.3) is 0 Å². The van der Waals surface area contributed by atoms with Crippen LogP contribution >= 0.6 is 0 Å². The van der Waals surface area contributed by atoms with Crippen molar-refractivity contribution < 1.29 is 9.21 Å². The highest BCUT2D eigenvalue weighted by Crippen LogP contribution is 2.09. The first-order valence-electron chi connectivity index (χ1n) is 4.79. The second kappa shape index (κ2) is 4.55. The summed E-state index contributed by atoms with van der Waals surface area (Å²) < 4.78 is 5.25. The van der Waals surface area contributed by atoms with Crippen molar-refractivity contribution in [3.8, 4) is 0 Å². The predicted molar refractivity (Wildman–Crippen MR) is 55.5 cm³/mol. The molecule has 0 saturated carbocycles. The van der Waals surface area contributed by atoms with Crippen LogP contribution in [0.1, 0.15) is 17.1 Å². The summed E-state index contributed by atoms with van der Waals surface area (Å²) in [5, 5.41) is 0. The molecule has 1 aromatic carbocycles. The Hall–Kier alpha value is -1.90. The second-order valence-corrected chi connectivity index (χ2v) is 3.27. The molecule has 0 aliphatic carbocycles. The average molecular weight is 201 g/mol. The molecular formula is C12H11NO2. The van der Waals surface area contributed by atoms with Gasteiger partial charge in [0.2, 0.25) is 0 Å². The number of carbonyl (C=O) groups excluding carboxylic acids is 1. The van der Waals surface area contributed by atoms with Crippen molar-refractivity contribution in [1.29, 1.82) is 0 Å². The van der Waals surface area contributed by atoms with Gasteiger partial charge in [-0.05, 0) is 5.56 Å². The molecule has 2 aromatic rings. The molecule has 1 heterocycles. The fraction of sp³-hybridized carbons (Fsp3) is 0.167. The van der Waals surface area contributed by atoms with Gasteiger partial charge in [-0.3, -0.25) is 0 Å². The lowest BCUT2D eigenvalue weighted by Gasteiger charge is -1.94. The van der Waals surface area contributed by atoms with E-state index in [4.69, 9.17) is 4.42 Å². The summed E-state index contributed by atoms with van der Waals surface area (Å²) in [4.78, 5) is 14.5. The van der Waals surface area contributed by atoms with Gasteiger partial charge in [-0.2, -0.15) is 0 Å². The largest absolute Gasteiger partial charge is 0.448 e. The van der Waals surface area contributed by atoms with E-state index >= 15 is 0 Å². The van der Waals surface area contributed by atoms with Gasteiger partial charge in [0.1, 0.15) is 12.5 Å². The first kappa shape index (κ1) is 9.65. The van der Waals surface area contributed by atoms with E-state index in [1.54, 1.807) is 0 Å². The van der Waals surface area contributed by atoms with Gasteiger partial charge < -0.3 is 9.21 Å². The van der Waals surface area contributed by atoms with E-state index in [2.05, 4.69) is 4.98 Å². The Morgan fingerprint density at radius 1 is 1.27 bits per heavy atom. The minimum absolute atomic E-state index is 0.318. The van der Waals surface area contributed by atoms with E-state index in [0.29, 0.717) is 24.4 Å². The van der Waals surface area contributed by atoms with Crippen LogP contribution in [0, 0.1) is 0 Å². The van der Waals surface area contributed by atoms with Gasteiger partial charge in [0.15, 0.2) is 5.89 Å². The van der Waals surface area contributed by atoms with E-state index in [9.17, 15) is 4.79 Å². The Morgan fingerprint density at radius 3 is 2.80 bits per heavy atom. The molecule has 0 saturated heterocycles.